The standard InChI is InChI=1S/C16H11NO5S/c18-14(22-12-7-3-1-5-10(12)15(19)20)9-17-11-6-2-4-8-13(11)23-16(17)21/h1-8H,9H2,(H,19,20). The van der Waals surface area contributed by atoms with Gasteiger partial charge in [0.15, 0.2) is 0 Å². The van der Waals surface area contributed by atoms with E-state index in [0.29, 0.717) is 5.52 Å². The van der Waals surface area contributed by atoms with E-state index in [-0.39, 0.29) is 22.7 Å². The molecule has 0 fully saturated rings. The molecule has 0 aliphatic heterocycles. The summed E-state index contributed by atoms with van der Waals surface area (Å²) in [5, 5.41) is 9.08. The number of carboxylic acid groups (broad SMARTS) is 1. The van der Waals surface area contributed by atoms with Gasteiger partial charge < -0.3 is 9.84 Å². The van der Waals surface area contributed by atoms with Gasteiger partial charge in [-0.3, -0.25) is 9.36 Å². The Kier molecular flexibility index (Phi) is 3.94. The number of nitrogens with zero attached hydrogens (tertiary/aromatic N) is 1. The number of hydrogen-bond donors (Lipinski definition) is 1. The van der Waals surface area contributed by atoms with Gasteiger partial charge >= 0.3 is 16.8 Å². The number of carbonyl (C=O) groups excluding carboxylic acids is 1. The minimum Gasteiger partial charge on any atom is -0.478 e. The lowest BCUT2D eigenvalue weighted by atomic mass is 10.2. The Morgan fingerprint density at radius 3 is 2.57 bits per heavy atom. The topological polar surface area (TPSA) is 85.6 Å². The number of aromatic nitrogens is 1. The van der Waals surface area contributed by atoms with Crippen molar-refractivity contribution >= 4 is 33.5 Å². The molecule has 2 aromatic carbocycles. The first-order chi connectivity index (χ1) is 11.1. The first-order valence-corrected chi connectivity index (χ1v) is 7.49. The lowest BCUT2D eigenvalue weighted by Crippen LogP contribution is -2.23. The van der Waals surface area contributed by atoms with Gasteiger partial charge in [0, 0.05) is 0 Å². The molecule has 0 aliphatic rings. The molecule has 0 saturated heterocycles. The van der Waals surface area contributed by atoms with E-state index in [1.807, 2.05) is 6.07 Å². The lowest BCUT2D eigenvalue weighted by Gasteiger charge is -2.08. The van der Waals surface area contributed by atoms with E-state index in [9.17, 15) is 14.4 Å². The molecule has 0 bridgehead atoms. The highest BCUT2D eigenvalue weighted by Gasteiger charge is 2.16. The quantitative estimate of drug-likeness (QED) is 0.587. The molecule has 3 rings (SSSR count). The third-order valence-electron chi connectivity index (χ3n) is 3.20. The van der Waals surface area contributed by atoms with Gasteiger partial charge in [-0.15, -0.1) is 0 Å². The van der Waals surface area contributed by atoms with Crippen LogP contribution in [0.5, 0.6) is 5.75 Å². The number of carbonyl (C=O) groups is 2. The third-order valence-corrected chi connectivity index (χ3v) is 4.16. The molecular weight excluding hydrogens is 318 g/mol. The van der Waals surface area contributed by atoms with Crippen LogP contribution in [0.2, 0.25) is 0 Å². The molecule has 23 heavy (non-hydrogen) atoms. The van der Waals surface area contributed by atoms with Crippen LogP contribution in [0.3, 0.4) is 0 Å². The van der Waals surface area contributed by atoms with Gasteiger partial charge in [0.05, 0.1) is 10.2 Å². The number of fused-ring (bicyclic) bond motifs is 1. The van der Waals surface area contributed by atoms with E-state index in [2.05, 4.69) is 0 Å². The molecule has 0 spiro atoms. The Labute approximate surface area is 134 Å². The fourth-order valence-electron chi connectivity index (χ4n) is 2.18. The highest BCUT2D eigenvalue weighted by molar-refractivity contribution is 7.16. The fraction of sp³-hybridized carbons (Fsp3) is 0.0625. The van der Waals surface area contributed by atoms with Gasteiger partial charge in [0.1, 0.15) is 17.9 Å². The molecule has 7 heteroatoms. The highest BCUT2D eigenvalue weighted by atomic mass is 32.1. The second-order valence-corrected chi connectivity index (χ2v) is 5.69. The van der Waals surface area contributed by atoms with E-state index in [1.165, 1.54) is 22.8 Å². The molecule has 0 amide bonds. The maximum absolute atomic E-state index is 12.1. The highest BCUT2D eigenvalue weighted by Crippen LogP contribution is 2.19. The zero-order valence-corrected chi connectivity index (χ0v) is 12.6. The van der Waals surface area contributed by atoms with Gasteiger partial charge in [0.25, 0.3) is 0 Å². The molecule has 116 valence electrons. The average molecular weight is 329 g/mol. The Bertz CT molecular complexity index is 956. The van der Waals surface area contributed by atoms with Crippen molar-refractivity contribution in [1.82, 2.24) is 4.57 Å². The van der Waals surface area contributed by atoms with Crippen LogP contribution in [0.4, 0.5) is 0 Å². The van der Waals surface area contributed by atoms with Gasteiger partial charge in [0.2, 0.25) is 0 Å². The predicted octanol–water partition coefficient (Wildman–Crippen LogP) is 2.37. The van der Waals surface area contributed by atoms with Crippen LogP contribution in [0.25, 0.3) is 10.2 Å². The van der Waals surface area contributed by atoms with E-state index < -0.39 is 11.9 Å². The second-order valence-electron chi connectivity index (χ2n) is 4.70. The Morgan fingerprint density at radius 1 is 1.09 bits per heavy atom. The summed E-state index contributed by atoms with van der Waals surface area (Å²) in [4.78, 5) is 34.9. The number of rotatable bonds is 4. The van der Waals surface area contributed by atoms with Crippen molar-refractivity contribution in [3.63, 3.8) is 0 Å². The van der Waals surface area contributed by atoms with Crippen LogP contribution in [0, 0.1) is 0 Å². The summed E-state index contributed by atoms with van der Waals surface area (Å²) in [5.41, 5.74) is 0.536. The minimum atomic E-state index is -1.19. The monoisotopic (exact) mass is 329 g/mol. The Morgan fingerprint density at radius 2 is 1.78 bits per heavy atom. The molecular formula is C16H11NO5S. The normalized spacial score (nSPS) is 10.6. The second kappa shape index (κ2) is 6.05. The zero-order valence-electron chi connectivity index (χ0n) is 11.8. The first kappa shape index (κ1) is 15.0. The molecule has 0 radical (unpaired) electrons. The van der Waals surface area contributed by atoms with Crippen LogP contribution < -0.4 is 9.61 Å². The molecule has 1 aromatic heterocycles. The summed E-state index contributed by atoms with van der Waals surface area (Å²) in [6.07, 6.45) is 0. The number of aromatic carboxylic acids is 1. The lowest BCUT2D eigenvalue weighted by molar-refractivity contribution is -0.135. The molecule has 3 aromatic rings. The number of para-hydroxylation sites is 2. The minimum absolute atomic E-state index is 0.0439. The number of hydrogen-bond acceptors (Lipinski definition) is 5. The number of ether oxygens (including phenoxy) is 1. The van der Waals surface area contributed by atoms with Crippen LogP contribution in [-0.4, -0.2) is 21.6 Å². The largest absolute Gasteiger partial charge is 0.478 e. The smallest absolute Gasteiger partial charge is 0.339 e. The summed E-state index contributed by atoms with van der Waals surface area (Å²) in [7, 11) is 0. The van der Waals surface area contributed by atoms with Crippen molar-refractivity contribution in [2.45, 2.75) is 6.54 Å². The van der Waals surface area contributed by atoms with Crippen LogP contribution in [0.1, 0.15) is 10.4 Å². The number of esters is 1. The SMILES string of the molecule is O=C(Cn1c(=O)sc2ccccc21)Oc1ccccc1C(=O)O. The number of benzene rings is 2. The molecule has 0 unspecified atom stereocenters. The van der Waals surface area contributed by atoms with E-state index in [1.54, 1.807) is 24.3 Å². The van der Waals surface area contributed by atoms with E-state index in [0.717, 1.165) is 16.0 Å². The van der Waals surface area contributed by atoms with Crippen molar-refractivity contribution in [2.24, 2.45) is 0 Å². The summed E-state index contributed by atoms with van der Waals surface area (Å²) in [6, 6.07) is 13.0. The van der Waals surface area contributed by atoms with Crippen molar-refractivity contribution in [3.05, 3.63) is 63.8 Å². The number of thiazole rings is 1. The number of carboxylic acids is 1. The van der Waals surface area contributed by atoms with Gasteiger partial charge in [-0.1, -0.05) is 35.6 Å². The predicted molar refractivity (Wildman–Crippen MR) is 85.1 cm³/mol. The van der Waals surface area contributed by atoms with E-state index >= 15 is 0 Å². The van der Waals surface area contributed by atoms with Gasteiger partial charge in [-0.05, 0) is 24.3 Å². The maximum atomic E-state index is 12.1. The first-order valence-electron chi connectivity index (χ1n) is 6.67. The zero-order chi connectivity index (χ0) is 16.4. The van der Waals surface area contributed by atoms with Gasteiger partial charge in [-0.2, -0.15) is 0 Å². The third kappa shape index (κ3) is 3.00. The van der Waals surface area contributed by atoms with Gasteiger partial charge in [-0.25, -0.2) is 9.59 Å². The molecule has 6 nitrogen and oxygen atoms in total. The van der Waals surface area contributed by atoms with Crippen molar-refractivity contribution in [3.8, 4) is 5.75 Å². The van der Waals surface area contributed by atoms with Crippen molar-refractivity contribution in [1.29, 1.82) is 0 Å². The Hall–Kier alpha value is -2.93. The van der Waals surface area contributed by atoms with Crippen LogP contribution in [0.15, 0.2) is 53.3 Å². The fourth-order valence-corrected chi connectivity index (χ4v) is 3.07. The summed E-state index contributed by atoms with van der Waals surface area (Å²) >= 11 is 1.04. The van der Waals surface area contributed by atoms with E-state index in [4.69, 9.17) is 9.84 Å². The van der Waals surface area contributed by atoms with Crippen LogP contribution in [-0.2, 0) is 11.3 Å². The molecule has 1 N–H and O–H groups in total. The molecule has 0 aliphatic carbocycles. The molecule has 0 atom stereocenters. The maximum Gasteiger partial charge on any atom is 0.339 e. The summed E-state index contributed by atoms with van der Waals surface area (Å²) in [5.74, 6) is -1.94. The van der Waals surface area contributed by atoms with Crippen molar-refractivity contribution < 1.29 is 19.4 Å². The average Bonchev–Trinajstić information content (AvgIpc) is 2.83. The molecule has 1 heterocycles. The summed E-state index contributed by atoms with van der Waals surface area (Å²) < 4.78 is 7.19. The molecule has 0 saturated carbocycles. The van der Waals surface area contributed by atoms with Crippen LogP contribution >= 0.6 is 11.3 Å². The van der Waals surface area contributed by atoms with Crippen molar-refractivity contribution in [2.75, 3.05) is 0 Å². The summed E-state index contributed by atoms with van der Waals surface area (Å²) in [6.45, 7) is -0.281. The Balaban J connectivity index is 1.86.